The van der Waals surface area contributed by atoms with E-state index in [4.69, 9.17) is 80.5 Å². The SMILES string of the molecule is CC(=O)N[C@H]1[C@H](O[C@@H]2[C@@H](O)[C@H](C)O[C@@H](O[C@@H]3[C@H](O)[C@@H](O[C@@H]4[C@H](O)[C@@H](O[C@H]5[C@@H]([C@H](O)CO)O[C@@](O)(C(=O)O)C[C@@H]5O[C@@]5(C(=O)O)O[C@H]([C@H](O)CO)[C@H](O)[C@H](O)[C@@H]5O)O[C@H]([C@@H](O)CO)[C@H]4O[C@@H]4O[C@H](CO[C@H]5O[C@H]([C@@H](O)CO)[C@@H](O)[C@H](O)[C@@H]5O)[C@@H](O)[C@H](O)[C@H]4O)O[C@H]([C@@H](O)CO[C@H]4O[C@H]([C@@H](O)CO)[C@@H](O)[C@H](O)[C@@H]4O)[C@H]3O)[C@@H]2O)O[C@H](CO)[C@H](O)[C@@H]1O. The molecule has 9 rings (SSSR count). The molecule has 35 N–H and O–H groups in total. The summed E-state index contributed by atoms with van der Waals surface area (Å²) in [4.78, 5) is 38.9. The zero-order valence-corrected chi connectivity index (χ0v) is 62.4. The summed E-state index contributed by atoms with van der Waals surface area (Å²) in [5.41, 5.74) is 0. The number of carboxylic acid groups (broad SMARTS) is 2. The standard InChI is InChI=1S/C64H107NO54/c1-12-24(79)49(113-54-23(65-13(2)72)27(82)25(80)21(9-71)106-54)39(94)58(105-12)114-50-38(93)44(19(78)10-103-55-35(90)29(84)31(86)42(108-55)14(73)4-66)110-59(40(50)95)115-51-41(96)60(112-48-20(3-63(102,61(98)99)118-47(48)18(77)8-70)117-64(62(100)101)53(97)34(89)33(88)45(119-64)16(75)6-68)111-46(17(76)7-69)52(51)116-57-37(92)28(83)26(81)22(107-57)11-104-56-36(91)30(85)32(87)43(109-56)15(74)5-67/h12,14-60,66-71,73-97,102H,3-11H2,1-2H3,(H,65,72)(H,98,99)(H,100,101)/t12-,14-,15-,16+,17-,18+,19-,20-,21+,22+,23+,24-,25-,26+,27+,28-,29-,30-,31-,32-,33+,34-,35-,36-,37+,38+,39+,40-,41-,42+,43+,44+,45+,46+,47+,48+,49+,50-,51+,52+,53-,54-,55-,56-,57-,58-,59+,60+,63+,64+/m0/s1. The highest BCUT2D eigenvalue weighted by molar-refractivity contribution is 5.77. The number of carbonyl (C=O) groups excluding carboxylic acids is 1. The molecular weight excluding hydrogens is 1650 g/mol. The molecule has 9 heterocycles. The van der Waals surface area contributed by atoms with Crippen LogP contribution in [0.3, 0.4) is 0 Å². The molecule has 0 saturated carbocycles. The van der Waals surface area contributed by atoms with Crippen LogP contribution in [-0.4, -0.2) is 550 Å². The van der Waals surface area contributed by atoms with Crippen molar-refractivity contribution >= 4 is 17.8 Å². The fourth-order valence-corrected chi connectivity index (χ4v) is 14.9. The number of aliphatic hydroxyl groups excluding tert-OH is 31. The average Bonchev–Trinajstić information content (AvgIpc) is 0.734. The lowest BCUT2D eigenvalue weighted by Crippen LogP contribution is -2.73. The first-order chi connectivity index (χ1) is 55.8. The van der Waals surface area contributed by atoms with E-state index in [2.05, 4.69) is 5.32 Å². The Morgan fingerprint density at radius 2 is 0.782 bits per heavy atom. The summed E-state index contributed by atoms with van der Waals surface area (Å²) in [6.07, 6.45) is -116. The fourth-order valence-electron chi connectivity index (χ4n) is 14.9. The van der Waals surface area contributed by atoms with Crippen LogP contribution in [-0.2, 0) is 94.9 Å². The van der Waals surface area contributed by atoms with Crippen molar-refractivity contribution in [3.8, 4) is 0 Å². The Morgan fingerprint density at radius 3 is 1.31 bits per heavy atom. The number of rotatable bonds is 33. The predicted molar refractivity (Wildman–Crippen MR) is 355 cm³/mol. The number of hydrogen-bond donors (Lipinski definition) is 35. The summed E-state index contributed by atoms with van der Waals surface area (Å²) in [7, 11) is 0. The molecule has 0 radical (unpaired) electrons. The molecule has 0 spiro atoms. The highest BCUT2D eigenvalue weighted by Gasteiger charge is 2.67. The van der Waals surface area contributed by atoms with Crippen molar-refractivity contribution in [1.29, 1.82) is 0 Å². The first-order valence-corrected chi connectivity index (χ1v) is 37.1. The van der Waals surface area contributed by atoms with Gasteiger partial charge in [0.25, 0.3) is 11.6 Å². The Labute approximate surface area is 669 Å². The Morgan fingerprint density at radius 1 is 0.378 bits per heavy atom. The van der Waals surface area contributed by atoms with E-state index in [9.17, 15) is 188 Å². The second kappa shape index (κ2) is 41.5. The Bertz CT molecular complexity index is 3190. The number of carbonyl (C=O) groups is 3. The molecule has 119 heavy (non-hydrogen) atoms. The van der Waals surface area contributed by atoms with Crippen LogP contribution in [0, 0.1) is 0 Å². The maximum Gasteiger partial charge on any atom is 0.367 e. The minimum Gasteiger partial charge on any atom is -0.477 e. The molecule has 0 aromatic rings. The molecule has 55 heteroatoms. The third kappa shape index (κ3) is 20.7. The van der Waals surface area contributed by atoms with Gasteiger partial charge in [-0.15, -0.1) is 0 Å². The molecule has 0 aromatic heterocycles. The van der Waals surface area contributed by atoms with Gasteiger partial charge >= 0.3 is 11.9 Å². The van der Waals surface area contributed by atoms with Crippen molar-refractivity contribution in [2.45, 2.75) is 326 Å². The molecule has 692 valence electrons. The van der Waals surface area contributed by atoms with E-state index in [0.717, 1.165) is 13.8 Å². The van der Waals surface area contributed by atoms with Crippen molar-refractivity contribution in [2.24, 2.45) is 0 Å². The summed E-state index contributed by atoms with van der Waals surface area (Å²) in [5, 5.41) is 379. The first kappa shape index (κ1) is 99.2. The second-order valence-corrected chi connectivity index (χ2v) is 29.9. The van der Waals surface area contributed by atoms with Crippen LogP contribution in [0.2, 0.25) is 0 Å². The Hall–Kier alpha value is -3.55. The molecule has 0 aromatic carbocycles. The topological polar surface area (TPSA) is 908 Å². The van der Waals surface area contributed by atoms with Gasteiger partial charge in [-0.25, -0.2) is 9.59 Å². The van der Waals surface area contributed by atoms with Gasteiger partial charge in [-0.1, -0.05) is 0 Å². The van der Waals surface area contributed by atoms with Crippen molar-refractivity contribution in [2.75, 3.05) is 52.9 Å². The molecule has 1 amide bonds. The van der Waals surface area contributed by atoms with E-state index in [0.29, 0.717) is 0 Å². The molecule has 0 bridgehead atoms. The molecule has 9 saturated heterocycles. The van der Waals surface area contributed by atoms with Crippen LogP contribution in [0.15, 0.2) is 0 Å². The molecule has 50 atom stereocenters. The van der Waals surface area contributed by atoms with Gasteiger partial charge in [0, 0.05) is 13.3 Å². The van der Waals surface area contributed by atoms with E-state index in [1.807, 2.05) is 0 Å². The second-order valence-electron chi connectivity index (χ2n) is 29.9. The van der Waals surface area contributed by atoms with Gasteiger partial charge in [0.05, 0.1) is 65.1 Å². The van der Waals surface area contributed by atoms with Crippen LogP contribution in [0.4, 0.5) is 0 Å². The van der Waals surface area contributed by atoms with Gasteiger partial charge in [0.1, 0.15) is 238 Å². The summed E-state index contributed by atoms with van der Waals surface area (Å²) in [6.45, 7) is -8.47. The molecule has 55 nitrogen and oxygen atoms in total. The smallest absolute Gasteiger partial charge is 0.367 e. The highest BCUT2D eigenvalue weighted by Crippen LogP contribution is 2.45. The van der Waals surface area contributed by atoms with Gasteiger partial charge in [-0.3, -0.25) is 4.79 Å². The monoisotopic (exact) mass is 1750 g/mol. The third-order valence-corrected chi connectivity index (χ3v) is 21.7. The molecule has 0 unspecified atom stereocenters. The zero-order valence-electron chi connectivity index (χ0n) is 62.4. The number of carboxylic acids is 2. The van der Waals surface area contributed by atoms with Crippen LogP contribution >= 0.6 is 0 Å². The first-order valence-electron chi connectivity index (χ1n) is 37.1. The lowest BCUT2D eigenvalue weighted by atomic mass is 9.88. The van der Waals surface area contributed by atoms with Gasteiger partial charge in [0.15, 0.2) is 44.0 Å². The minimum atomic E-state index is -4.02. The number of nitrogens with one attached hydrogen (secondary N) is 1. The number of aliphatic hydroxyl groups is 32. The summed E-state index contributed by atoms with van der Waals surface area (Å²) in [6, 6.07) is -1.79. The summed E-state index contributed by atoms with van der Waals surface area (Å²) < 4.78 is 98.1. The van der Waals surface area contributed by atoms with E-state index < -0.39 is 383 Å². The van der Waals surface area contributed by atoms with Gasteiger partial charge < -0.3 is 259 Å². The van der Waals surface area contributed by atoms with Gasteiger partial charge in [-0.05, 0) is 6.92 Å². The van der Waals surface area contributed by atoms with Gasteiger partial charge in [0.2, 0.25) is 5.91 Å². The van der Waals surface area contributed by atoms with E-state index in [-0.39, 0.29) is 0 Å². The zero-order chi connectivity index (χ0) is 88.5. The lowest BCUT2D eigenvalue weighted by Gasteiger charge is -2.53. The van der Waals surface area contributed by atoms with Crippen LogP contribution in [0.1, 0.15) is 20.3 Å². The predicted octanol–water partition coefficient (Wildman–Crippen LogP) is -23.4. The van der Waals surface area contributed by atoms with E-state index in [1.165, 1.54) is 0 Å². The van der Waals surface area contributed by atoms with Gasteiger partial charge in [-0.2, -0.15) is 0 Å². The molecule has 9 aliphatic rings. The number of amides is 1. The number of aliphatic carboxylic acids is 2. The van der Waals surface area contributed by atoms with Crippen LogP contribution in [0.25, 0.3) is 0 Å². The normalized spacial score (nSPS) is 49.2. The highest BCUT2D eigenvalue weighted by atomic mass is 16.8. The number of hydrogen-bond acceptors (Lipinski definition) is 52. The maximum atomic E-state index is 13.5. The van der Waals surface area contributed by atoms with E-state index in [1.54, 1.807) is 0 Å². The third-order valence-electron chi connectivity index (χ3n) is 21.7. The largest absolute Gasteiger partial charge is 0.477 e. The van der Waals surface area contributed by atoms with Crippen molar-refractivity contribution in [3.05, 3.63) is 0 Å². The average molecular weight is 1750 g/mol. The Balaban J connectivity index is 1.16. The molecule has 9 fully saturated rings. The quantitative estimate of drug-likeness (QED) is 0.0290. The molecule has 9 aliphatic heterocycles. The lowest BCUT2D eigenvalue weighted by molar-refractivity contribution is -0.421. The molecular formula is C64H107NO54. The maximum absolute atomic E-state index is 13.5. The van der Waals surface area contributed by atoms with Crippen molar-refractivity contribution < 1.29 is 269 Å². The Kier molecular flexibility index (Phi) is 34.6. The van der Waals surface area contributed by atoms with Crippen molar-refractivity contribution in [3.63, 3.8) is 0 Å². The minimum absolute atomic E-state index is 0.892. The summed E-state index contributed by atoms with van der Waals surface area (Å²) >= 11 is 0. The van der Waals surface area contributed by atoms with Crippen molar-refractivity contribution in [1.82, 2.24) is 5.32 Å². The number of ether oxygens (including phenoxy) is 17. The summed E-state index contributed by atoms with van der Waals surface area (Å²) in [5.74, 6) is -13.7. The van der Waals surface area contributed by atoms with Crippen LogP contribution in [0.5, 0.6) is 0 Å². The van der Waals surface area contributed by atoms with E-state index >= 15 is 0 Å². The van der Waals surface area contributed by atoms with Crippen LogP contribution < -0.4 is 5.32 Å². The molecule has 0 aliphatic carbocycles. The fraction of sp³-hybridized carbons (Fsp3) is 0.953.